The first-order valence-corrected chi connectivity index (χ1v) is 6.81. The second-order valence-corrected chi connectivity index (χ2v) is 5.70. The highest BCUT2D eigenvalue weighted by Gasteiger charge is 2.20. The van der Waals surface area contributed by atoms with E-state index < -0.39 is 16.6 Å². The third kappa shape index (κ3) is 3.05. The summed E-state index contributed by atoms with van der Waals surface area (Å²) >= 11 is 1.26. The fraction of sp³-hybridized carbons (Fsp3) is 0.231. The Balaban J connectivity index is 2.36. The molecule has 2 rings (SSSR count). The van der Waals surface area contributed by atoms with Crippen molar-refractivity contribution < 1.29 is 14.1 Å². The molecule has 0 spiro atoms. The standard InChI is InChI=1S/C13H12FN3O3S/c1-6-4-9(17(19)20)5-10(11(6)14)12(18)16-13-15-7(2)8(3)21-13/h4-5H,1-3H3,(H,15,16,18). The van der Waals surface area contributed by atoms with E-state index in [0.29, 0.717) is 5.13 Å². The molecule has 2 aromatic rings. The maximum absolute atomic E-state index is 14.0. The van der Waals surface area contributed by atoms with Crippen molar-refractivity contribution in [1.82, 2.24) is 4.98 Å². The molecule has 1 heterocycles. The second-order valence-electron chi connectivity index (χ2n) is 4.50. The Morgan fingerprint density at radius 3 is 2.57 bits per heavy atom. The van der Waals surface area contributed by atoms with Crippen LogP contribution in [0.25, 0.3) is 0 Å². The lowest BCUT2D eigenvalue weighted by Crippen LogP contribution is -2.14. The number of nitro groups is 1. The van der Waals surface area contributed by atoms with E-state index in [9.17, 15) is 19.3 Å². The molecular formula is C13H12FN3O3S. The number of non-ortho nitro benzene ring substituents is 1. The van der Waals surface area contributed by atoms with Gasteiger partial charge in [-0.2, -0.15) is 0 Å². The van der Waals surface area contributed by atoms with Gasteiger partial charge in [-0.3, -0.25) is 20.2 Å². The average Bonchev–Trinajstić information content (AvgIpc) is 2.70. The number of carbonyl (C=O) groups excluding carboxylic acids is 1. The van der Waals surface area contributed by atoms with Crippen LogP contribution in [-0.4, -0.2) is 15.8 Å². The third-order valence-corrected chi connectivity index (χ3v) is 3.93. The van der Waals surface area contributed by atoms with E-state index in [0.717, 1.165) is 22.7 Å². The van der Waals surface area contributed by atoms with Crippen LogP contribution >= 0.6 is 11.3 Å². The van der Waals surface area contributed by atoms with Crippen LogP contribution in [-0.2, 0) is 0 Å². The summed E-state index contributed by atoms with van der Waals surface area (Å²) in [5.41, 5.74) is 0.115. The van der Waals surface area contributed by atoms with E-state index in [1.165, 1.54) is 18.3 Å². The second kappa shape index (κ2) is 5.57. The van der Waals surface area contributed by atoms with Gasteiger partial charge in [0.1, 0.15) is 5.82 Å². The SMILES string of the molecule is Cc1cc([N+](=O)[O-])cc(C(=O)Nc2nc(C)c(C)s2)c1F. The maximum atomic E-state index is 14.0. The highest BCUT2D eigenvalue weighted by atomic mass is 32.1. The van der Waals surface area contributed by atoms with Crippen molar-refractivity contribution in [3.05, 3.63) is 49.8 Å². The number of hydrogen-bond donors (Lipinski definition) is 1. The van der Waals surface area contributed by atoms with Crippen molar-refractivity contribution in [2.45, 2.75) is 20.8 Å². The van der Waals surface area contributed by atoms with Crippen LogP contribution in [0.2, 0.25) is 0 Å². The summed E-state index contributed by atoms with van der Waals surface area (Å²) in [7, 11) is 0. The summed E-state index contributed by atoms with van der Waals surface area (Å²) in [6, 6.07) is 2.01. The van der Waals surface area contributed by atoms with Crippen molar-refractivity contribution in [3.8, 4) is 0 Å². The van der Waals surface area contributed by atoms with E-state index >= 15 is 0 Å². The van der Waals surface area contributed by atoms with Crippen molar-refractivity contribution in [3.63, 3.8) is 0 Å². The predicted octanol–water partition coefficient (Wildman–Crippen LogP) is 3.37. The molecule has 0 saturated heterocycles. The minimum absolute atomic E-state index is 0.0425. The van der Waals surface area contributed by atoms with Gasteiger partial charge in [-0.05, 0) is 26.3 Å². The molecule has 0 saturated carbocycles. The summed E-state index contributed by atoms with van der Waals surface area (Å²) in [6.07, 6.45) is 0. The van der Waals surface area contributed by atoms with Crippen LogP contribution in [0.5, 0.6) is 0 Å². The van der Waals surface area contributed by atoms with E-state index in [4.69, 9.17) is 0 Å². The summed E-state index contributed by atoms with van der Waals surface area (Å²) in [5, 5.41) is 13.6. The molecule has 0 aliphatic rings. The number of aryl methyl sites for hydroxylation is 3. The lowest BCUT2D eigenvalue weighted by atomic mass is 10.1. The number of aromatic nitrogens is 1. The fourth-order valence-electron chi connectivity index (χ4n) is 1.71. The van der Waals surface area contributed by atoms with E-state index in [1.54, 1.807) is 6.92 Å². The predicted molar refractivity (Wildman–Crippen MR) is 77.3 cm³/mol. The molecule has 0 bridgehead atoms. The topological polar surface area (TPSA) is 85.1 Å². The van der Waals surface area contributed by atoms with Crippen molar-refractivity contribution in [2.24, 2.45) is 0 Å². The van der Waals surface area contributed by atoms with Gasteiger partial charge < -0.3 is 0 Å². The summed E-state index contributed by atoms with van der Waals surface area (Å²) in [4.78, 5) is 27.2. The van der Waals surface area contributed by atoms with Gasteiger partial charge in [-0.25, -0.2) is 9.37 Å². The van der Waals surface area contributed by atoms with Gasteiger partial charge in [0, 0.05) is 17.0 Å². The molecular weight excluding hydrogens is 297 g/mol. The lowest BCUT2D eigenvalue weighted by molar-refractivity contribution is -0.385. The minimum Gasteiger partial charge on any atom is -0.298 e. The number of hydrogen-bond acceptors (Lipinski definition) is 5. The van der Waals surface area contributed by atoms with Gasteiger partial charge in [0.2, 0.25) is 0 Å². The Morgan fingerprint density at radius 1 is 1.38 bits per heavy atom. The Labute approximate surface area is 123 Å². The maximum Gasteiger partial charge on any atom is 0.270 e. The number of benzene rings is 1. The third-order valence-electron chi connectivity index (χ3n) is 2.94. The molecule has 0 radical (unpaired) electrons. The minimum atomic E-state index is -0.775. The summed E-state index contributed by atoms with van der Waals surface area (Å²) in [6.45, 7) is 5.01. The van der Waals surface area contributed by atoms with Crippen LogP contribution in [0.3, 0.4) is 0 Å². The van der Waals surface area contributed by atoms with Gasteiger partial charge in [-0.15, -0.1) is 11.3 Å². The molecule has 0 unspecified atom stereocenters. The van der Waals surface area contributed by atoms with Crippen molar-refractivity contribution >= 4 is 28.1 Å². The molecule has 1 N–H and O–H groups in total. The largest absolute Gasteiger partial charge is 0.298 e. The fourth-order valence-corrected chi connectivity index (χ4v) is 2.52. The van der Waals surface area contributed by atoms with E-state index in [2.05, 4.69) is 10.3 Å². The molecule has 0 fully saturated rings. The number of amides is 1. The molecule has 1 amide bonds. The van der Waals surface area contributed by atoms with Gasteiger partial charge >= 0.3 is 0 Å². The Bertz CT molecular complexity index is 723. The number of thiazole rings is 1. The molecule has 21 heavy (non-hydrogen) atoms. The average molecular weight is 309 g/mol. The number of nitrogens with zero attached hydrogens (tertiary/aromatic N) is 2. The normalized spacial score (nSPS) is 10.5. The highest BCUT2D eigenvalue weighted by molar-refractivity contribution is 7.15. The van der Waals surface area contributed by atoms with Gasteiger partial charge in [0.15, 0.2) is 5.13 Å². The quantitative estimate of drug-likeness (QED) is 0.696. The lowest BCUT2D eigenvalue weighted by Gasteiger charge is -2.05. The molecule has 110 valence electrons. The van der Waals surface area contributed by atoms with Crippen molar-refractivity contribution in [2.75, 3.05) is 5.32 Å². The molecule has 0 aliphatic carbocycles. The first kappa shape index (κ1) is 15.0. The molecule has 8 heteroatoms. The van der Waals surface area contributed by atoms with Gasteiger partial charge in [-0.1, -0.05) is 0 Å². The zero-order valence-corrected chi connectivity index (χ0v) is 12.4. The summed E-state index contributed by atoms with van der Waals surface area (Å²) in [5.74, 6) is -1.53. The number of nitro benzene ring substituents is 1. The van der Waals surface area contributed by atoms with Crippen molar-refractivity contribution in [1.29, 1.82) is 0 Å². The molecule has 0 atom stereocenters. The molecule has 6 nitrogen and oxygen atoms in total. The van der Waals surface area contributed by atoms with E-state index in [1.807, 2.05) is 6.92 Å². The number of nitrogens with one attached hydrogen (secondary N) is 1. The van der Waals surface area contributed by atoms with E-state index in [-0.39, 0.29) is 16.8 Å². The van der Waals surface area contributed by atoms with Crippen LogP contribution in [0, 0.1) is 36.7 Å². The zero-order valence-electron chi connectivity index (χ0n) is 11.6. The summed E-state index contributed by atoms with van der Waals surface area (Å²) < 4.78 is 14.0. The number of rotatable bonds is 3. The zero-order chi connectivity index (χ0) is 15.7. The highest BCUT2D eigenvalue weighted by Crippen LogP contribution is 2.24. The first-order chi connectivity index (χ1) is 9.79. The number of halogens is 1. The van der Waals surface area contributed by atoms with Crippen LogP contribution in [0.1, 0.15) is 26.5 Å². The monoisotopic (exact) mass is 309 g/mol. The van der Waals surface area contributed by atoms with Gasteiger partial charge in [0.05, 0.1) is 16.2 Å². The molecule has 1 aromatic carbocycles. The van der Waals surface area contributed by atoms with Crippen LogP contribution < -0.4 is 5.32 Å². The van der Waals surface area contributed by atoms with Crippen LogP contribution in [0.4, 0.5) is 15.2 Å². The Kier molecular flexibility index (Phi) is 3.99. The first-order valence-electron chi connectivity index (χ1n) is 5.99. The van der Waals surface area contributed by atoms with Gasteiger partial charge in [0.25, 0.3) is 11.6 Å². The Hall–Kier alpha value is -2.35. The van der Waals surface area contributed by atoms with Crippen LogP contribution in [0.15, 0.2) is 12.1 Å². The number of carbonyl (C=O) groups is 1. The number of anilines is 1. The smallest absolute Gasteiger partial charge is 0.270 e. The Morgan fingerprint density at radius 2 is 2.05 bits per heavy atom. The molecule has 0 aliphatic heterocycles. The molecule has 1 aromatic heterocycles.